The number of hydrogen-bond donors (Lipinski definition) is 0. The van der Waals surface area contributed by atoms with E-state index in [0.29, 0.717) is 17.7 Å². The van der Waals surface area contributed by atoms with E-state index in [4.69, 9.17) is 4.74 Å². The number of ether oxygens (including phenoxy) is 1. The maximum atomic E-state index is 13.7. The summed E-state index contributed by atoms with van der Waals surface area (Å²) in [6.45, 7) is 1.56. The molecule has 0 aliphatic rings. The molecule has 11 heteroatoms. The fourth-order valence-corrected chi connectivity index (χ4v) is 3.55. The topological polar surface area (TPSA) is 52.6 Å². The first-order valence-electron chi connectivity index (χ1n) is 7.55. The summed E-state index contributed by atoms with van der Waals surface area (Å²) in [4.78, 5) is -0.843. The zero-order valence-corrected chi connectivity index (χ0v) is 15.2. The van der Waals surface area contributed by atoms with Crippen LogP contribution in [0.5, 0.6) is 5.75 Å². The van der Waals surface area contributed by atoms with E-state index in [1.54, 1.807) is 6.92 Å². The molecule has 0 bridgehead atoms. The minimum Gasteiger partial charge on any atom is -0.497 e. The molecule has 0 fully saturated rings. The highest BCUT2D eigenvalue weighted by atomic mass is 32.2. The Morgan fingerprint density at radius 2 is 1.25 bits per heavy atom. The first kappa shape index (κ1) is 22.0. The average molecular weight is 428 g/mol. The highest BCUT2D eigenvalue weighted by Crippen LogP contribution is 2.54. The Kier molecular flexibility index (Phi) is 5.73. The maximum Gasteiger partial charge on any atom is 0.432 e. The summed E-state index contributed by atoms with van der Waals surface area (Å²) in [6, 6.07) is 6.72. The van der Waals surface area contributed by atoms with Gasteiger partial charge in [-0.05, 0) is 31.2 Å². The van der Waals surface area contributed by atoms with E-state index in [-0.39, 0.29) is 5.75 Å². The molecular formula is C17H14F6O4S. The zero-order chi connectivity index (χ0) is 21.4. The van der Waals surface area contributed by atoms with Crippen molar-refractivity contribution in [1.82, 2.24) is 0 Å². The molecule has 4 nitrogen and oxygen atoms in total. The van der Waals surface area contributed by atoms with Gasteiger partial charge >= 0.3 is 18.0 Å². The summed E-state index contributed by atoms with van der Waals surface area (Å²) in [5.74, 6) is -0.0246. The van der Waals surface area contributed by atoms with Crippen LogP contribution in [0.3, 0.4) is 0 Å². The van der Waals surface area contributed by atoms with E-state index in [2.05, 4.69) is 4.18 Å². The third-order valence-corrected chi connectivity index (χ3v) is 5.16. The van der Waals surface area contributed by atoms with Crippen molar-refractivity contribution in [3.8, 4) is 5.75 Å². The van der Waals surface area contributed by atoms with Crippen LogP contribution in [-0.4, -0.2) is 27.9 Å². The summed E-state index contributed by atoms with van der Waals surface area (Å²) in [5.41, 5.74) is -6.01. The van der Waals surface area contributed by atoms with E-state index >= 15 is 0 Å². The third-order valence-electron chi connectivity index (χ3n) is 3.84. The Hall–Kier alpha value is -2.27. The third kappa shape index (κ3) is 3.95. The van der Waals surface area contributed by atoms with Gasteiger partial charge in [-0.2, -0.15) is 34.8 Å². The molecule has 0 unspecified atom stereocenters. The molecule has 0 amide bonds. The Morgan fingerprint density at radius 3 is 1.64 bits per heavy atom. The minimum atomic E-state index is -6.14. The Bertz CT molecular complexity index is 902. The zero-order valence-electron chi connectivity index (χ0n) is 14.4. The number of methoxy groups -OCH3 is 1. The lowest BCUT2D eigenvalue weighted by molar-refractivity contribution is -0.364. The van der Waals surface area contributed by atoms with Gasteiger partial charge in [0.25, 0.3) is 10.1 Å². The molecule has 154 valence electrons. The van der Waals surface area contributed by atoms with E-state index in [9.17, 15) is 34.8 Å². The molecule has 0 saturated heterocycles. The summed E-state index contributed by atoms with van der Waals surface area (Å²) in [6.07, 6.45) is -12.3. The van der Waals surface area contributed by atoms with Crippen molar-refractivity contribution in [1.29, 1.82) is 0 Å². The van der Waals surface area contributed by atoms with Crippen molar-refractivity contribution in [2.45, 2.75) is 29.8 Å². The van der Waals surface area contributed by atoms with Gasteiger partial charge in [0.1, 0.15) is 5.75 Å². The van der Waals surface area contributed by atoms with Gasteiger partial charge in [0.05, 0.1) is 12.0 Å². The van der Waals surface area contributed by atoms with Crippen LogP contribution in [0.2, 0.25) is 0 Å². The molecule has 0 aliphatic carbocycles. The van der Waals surface area contributed by atoms with Crippen LogP contribution in [0.1, 0.15) is 11.1 Å². The Labute approximate surface area is 156 Å². The quantitative estimate of drug-likeness (QED) is 0.511. The molecule has 0 aromatic heterocycles. The number of benzene rings is 2. The van der Waals surface area contributed by atoms with Gasteiger partial charge in [-0.15, -0.1) is 0 Å². The summed E-state index contributed by atoms with van der Waals surface area (Å²) in [5, 5.41) is 0. The van der Waals surface area contributed by atoms with E-state index in [0.717, 1.165) is 31.4 Å². The molecule has 2 aromatic rings. The lowest BCUT2D eigenvalue weighted by Gasteiger charge is -2.36. The normalized spacial score (nSPS) is 13.4. The van der Waals surface area contributed by atoms with Gasteiger partial charge in [0.2, 0.25) is 0 Å². The van der Waals surface area contributed by atoms with Gasteiger partial charge in [-0.25, -0.2) is 4.18 Å². The second-order valence-corrected chi connectivity index (χ2v) is 7.30. The second kappa shape index (κ2) is 7.28. The highest BCUT2D eigenvalue weighted by Gasteiger charge is 2.75. The SMILES string of the molecule is COc1ccc(C(OS(=O)(=O)c2ccc(C)cc2)(C(F)(F)F)C(F)(F)F)cc1. The first-order chi connectivity index (χ1) is 12.7. The maximum absolute atomic E-state index is 13.7. The second-order valence-electron chi connectivity index (χ2n) is 5.76. The van der Waals surface area contributed by atoms with Gasteiger partial charge in [-0.1, -0.05) is 29.8 Å². The highest BCUT2D eigenvalue weighted by molar-refractivity contribution is 7.86. The van der Waals surface area contributed by atoms with Crippen LogP contribution >= 0.6 is 0 Å². The van der Waals surface area contributed by atoms with Crippen LogP contribution < -0.4 is 4.74 Å². The molecule has 28 heavy (non-hydrogen) atoms. The van der Waals surface area contributed by atoms with Crippen LogP contribution in [0.15, 0.2) is 53.4 Å². The number of hydrogen-bond acceptors (Lipinski definition) is 4. The van der Waals surface area contributed by atoms with Crippen LogP contribution in [0.4, 0.5) is 26.3 Å². The van der Waals surface area contributed by atoms with Gasteiger partial charge in [0.15, 0.2) is 0 Å². The molecule has 0 heterocycles. The molecule has 0 saturated carbocycles. The lowest BCUT2D eigenvalue weighted by Crippen LogP contribution is -2.56. The lowest BCUT2D eigenvalue weighted by atomic mass is 9.92. The molecule has 0 aliphatic heterocycles. The van der Waals surface area contributed by atoms with Gasteiger partial charge in [-0.3, -0.25) is 0 Å². The van der Waals surface area contributed by atoms with Crippen LogP contribution in [0, 0.1) is 6.92 Å². The fraction of sp³-hybridized carbons (Fsp3) is 0.294. The number of halogens is 6. The van der Waals surface area contributed by atoms with E-state index in [1.807, 2.05) is 0 Å². The standard InChI is InChI=1S/C17H14F6O4S/c1-11-3-9-14(10-4-11)28(24,25)27-15(16(18,19)20,17(21,22)23)12-5-7-13(26-2)8-6-12/h3-10H,1-2H3. The molecule has 2 aromatic carbocycles. The molecule has 0 spiro atoms. The summed E-state index contributed by atoms with van der Waals surface area (Å²) in [7, 11) is -4.28. The van der Waals surface area contributed by atoms with Crippen molar-refractivity contribution in [3.05, 3.63) is 59.7 Å². The molecule has 0 radical (unpaired) electrons. The molecular weight excluding hydrogens is 414 g/mol. The number of aryl methyl sites for hydroxylation is 1. The van der Waals surface area contributed by atoms with Crippen molar-refractivity contribution >= 4 is 10.1 Å². The molecule has 0 atom stereocenters. The Balaban J connectivity index is 2.71. The number of rotatable bonds is 5. The van der Waals surface area contributed by atoms with Crippen molar-refractivity contribution < 1.29 is 43.7 Å². The monoisotopic (exact) mass is 428 g/mol. The average Bonchev–Trinajstić information content (AvgIpc) is 2.58. The predicted molar refractivity (Wildman–Crippen MR) is 86.2 cm³/mol. The summed E-state index contributed by atoms with van der Waals surface area (Å²) >= 11 is 0. The molecule has 2 rings (SSSR count). The fourth-order valence-electron chi connectivity index (χ4n) is 2.37. The van der Waals surface area contributed by atoms with Crippen molar-refractivity contribution in [2.75, 3.05) is 7.11 Å². The first-order valence-corrected chi connectivity index (χ1v) is 8.96. The summed E-state index contributed by atoms with van der Waals surface area (Å²) < 4.78 is 115. The van der Waals surface area contributed by atoms with Crippen molar-refractivity contribution in [3.63, 3.8) is 0 Å². The largest absolute Gasteiger partial charge is 0.497 e. The van der Waals surface area contributed by atoms with Gasteiger partial charge < -0.3 is 4.74 Å². The van der Waals surface area contributed by atoms with Crippen molar-refractivity contribution in [2.24, 2.45) is 0 Å². The molecule has 0 N–H and O–H groups in total. The predicted octanol–water partition coefficient (Wildman–Crippen LogP) is 4.73. The van der Waals surface area contributed by atoms with Crippen LogP contribution in [0.25, 0.3) is 0 Å². The Morgan fingerprint density at radius 1 is 0.786 bits per heavy atom. The van der Waals surface area contributed by atoms with Gasteiger partial charge in [0, 0.05) is 5.56 Å². The van der Waals surface area contributed by atoms with E-state index < -0.39 is 38.5 Å². The number of alkyl halides is 6. The van der Waals surface area contributed by atoms with E-state index in [1.165, 1.54) is 12.1 Å². The van der Waals surface area contributed by atoms with Crippen LogP contribution in [-0.2, 0) is 19.9 Å². The smallest absolute Gasteiger partial charge is 0.432 e. The minimum absolute atomic E-state index is 0.0246.